The lowest BCUT2D eigenvalue weighted by Gasteiger charge is -2.25. The Bertz CT molecular complexity index is 1360. The standard InChI is InChI=1S/C30H41BrClN4O5P/c1-6-36(16-8-9-22(4)34-28-14-15-33-29-20-25(32)12-13-27(28)29)17-18-39-42(38,35-23(5)30(37)40-21(2)3)41-26-11-7-10-24(31)19-26/h7,10-15,19-23H,6,8-9,16-18H2,1-5H3,(H,33,34)(H,35,38)/t22-,23+,42+/m1/s1. The van der Waals surface area contributed by atoms with E-state index < -0.39 is 19.8 Å². The number of aromatic nitrogens is 1. The van der Waals surface area contributed by atoms with Crippen molar-refractivity contribution in [1.29, 1.82) is 0 Å². The normalized spacial score (nSPS) is 14.5. The van der Waals surface area contributed by atoms with E-state index in [1.165, 1.54) is 0 Å². The second-order valence-corrected chi connectivity index (χ2v) is 13.4. The topological polar surface area (TPSA) is 102 Å². The fourth-order valence-electron chi connectivity index (χ4n) is 4.30. The lowest BCUT2D eigenvalue weighted by atomic mass is 10.1. The summed E-state index contributed by atoms with van der Waals surface area (Å²) < 4.78 is 31.3. The number of hydrogen-bond donors (Lipinski definition) is 2. The van der Waals surface area contributed by atoms with Gasteiger partial charge in [-0.3, -0.25) is 14.3 Å². The van der Waals surface area contributed by atoms with Crippen molar-refractivity contribution in [3.8, 4) is 5.75 Å². The number of carbonyl (C=O) groups excluding carboxylic acids is 1. The van der Waals surface area contributed by atoms with Crippen LogP contribution < -0.4 is 14.9 Å². The van der Waals surface area contributed by atoms with Gasteiger partial charge in [-0.1, -0.05) is 40.5 Å². The molecule has 0 spiro atoms. The summed E-state index contributed by atoms with van der Waals surface area (Å²) in [4.78, 5) is 19.0. The van der Waals surface area contributed by atoms with Crippen LogP contribution in [-0.2, 0) is 18.6 Å². The van der Waals surface area contributed by atoms with E-state index in [-0.39, 0.29) is 18.8 Å². The maximum atomic E-state index is 13.7. The number of pyridine rings is 1. The Morgan fingerprint density at radius 1 is 1.12 bits per heavy atom. The van der Waals surface area contributed by atoms with Crippen molar-refractivity contribution in [3.63, 3.8) is 0 Å². The van der Waals surface area contributed by atoms with E-state index in [9.17, 15) is 9.36 Å². The van der Waals surface area contributed by atoms with Crippen LogP contribution in [0.4, 0.5) is 5.69 Å². The third-order valence-corrected chi connectivity index (χ3v) is 8.82. The molecule has 0 unspecified atom stereocenters. The Balaban J connectivity index is 1.53. The first-order valence-electron chi connectivity index (χ1n) is 14.2. The molecule has 0 aliphatic rings. The van der Waals surface area contributed by atoms with Crippen LogP contribution in [0.2, 0.25) is 5.02 Å². The second kappa shape index (κ2) is 16.6. The summed E-state index contributed by atoms with van der Waals surface area (Å²) in [5, 5.41) is 8.04. The van der Waals surface area contributed by atoms with Gasteiger partial charge in [-0.15, -0.1) is 0 Å². The number of esters is 1. The molecule has 3 rings (SSSR count). The molecule has 0 fully saturated rings. The molecular formula is C30H41BrClN4O5P. The minimum atomic E-state index is -3.91. The van der Waals surface area contributed by atoms with E-state index in [4.69, 9.17) is 25.4 Å². The summed E-state index contributed by atoms with van der Waals surface area (Å²) in [6.45, 7) is 11.7. The highest BCUT2D eigenvalue weighted by Gasteiger charge is 2.32. The Kier molecular flexibility index (Phi) is 13.5. The average molecular weight is 684 g/mol. The van der Waals surface area contributed by atoms with Crippen LogP contribution in [0.25, 0.3) is 10.9 Å². The van der Waals surface area contributed by atoms with Gasteiger partial charge < -0.3 is 19.5 Å². The minimum Gasteiger partial charge on any atom is -0.462 e. The van der Waals surface area contributed by atoms with Crippen molar-refractivity contribution in [2.75, 3.05) is 31.6 Å². The number of anilines is 1. The molecule has 230 valence electrons. The molecule has 0 saturated heterocycles. The molecule has 0 saturated carbocycles. The first-order valence-corrected chi connectivity index (χ1v) is 16.9. The van der Waals surface area contributed by atoms with Gasteiger partial charge in [-0.2, -0.15) is 5.09 Å². The molecule has 1 heterocycles. The number of fused-ring (bicyclic) bond motifs is 1. The summed E-state index contributed by atoms with van der Waals surface area (Å²) in [6, 6.07) is 14.0. The van der Waals surface area contributed by atoms with Gasteiger partial charge in [0.1, 0.15) is 11.8 Å². The molecule has 42 heavy (non-hydrogen) atoms. The molecule has 9 nitrogen and oxygen atoms in total. The van der Waals surface area contributed by atoms with Crippen molar-refractivity contribution in [2.45, 2.75) is 65.6 Å². The van der Waals surface area contributed by atoms with E-state index in [0.717, 1.165) is 47.0 Å². The fraction of sp³-hybridized carbons (Fsp3) is 0.467. The van der Waals surface area contributed by atoms with E-state index in [0.29, 0.717) is 17.3 Å². The number of likely N-dealkylation sites (N-methyl/N-ethyl adjacent to an activating group) is 1. The molecular weight excluding hydrogens is 643 g/mol. The number of benzene rings is 2. The zero-order valence-electron chi connectivity index (χ0n) is 24.8. The van der Waals surface area contributed by atoms with Gasteiger partial charge in [0.05, 0.1) is 18.2 Å². The van der Waals surface area contributed by atoms with Crippen LogP contribution >= 0.6 is 35.3 Å². The summed E-state index contributed by atoms with van der Waals surface area (Å²) in [5.41, 5.74) is 1.89. The number of hydrogen-bond acceptors (Lipinski definition) is 8. The molecule has 12 heteroatoms. The predicted molar refractivity (Wildman–Crippen MR) is 173 cm³/mol. The highest BCUT2D eigenvalue weighted by atomic mass is 79.9. The second-order valence-electron chi connectivity index (χ2n) is 10.4. The van der Waals surface area contributed by atoms with Gasteiger partial charge in [0.25, 0.3) is 0 Å². The van der Waals surface area contributed by atoms with Crippen LogP contribution in [0.5, 0.6) is 5.75 Å². The van der Waals surface area contributed by atoms with Crippen molar-refractivity contribution >= 4 is 57.8 Å². The molecule has 0 radical (unpaired) electrons. The Hall–Kier alpha value is -2.20. The first-order chi connectivity index (χ1) is 20.0. The van der Waals surface area contributed by atoms with Crippen LogP contribution in [-0.4, -0.2) is 60.3 Å². The third-order valence-electron chi connectivity index (χ3n) is 6.41. The molecule has 1 aromatic heterocycles. The Labute approximate surface area is 262 Å². The minimum absolute atomic E-state index is 0.150. The SMILES string of the molecule is CCN(CCC[C@@H](C)Nc1ccnc2cc(Cl)ccc12)CCO[P@@](=O)(N[C@@H](C)C(=O)OC(C)C)Oc1cccc(Br)c1. The molecule has 3 atom stereocenters. The van der Waals surface area contributed by atoms with E-state index >= 15 is 0 Å². The van der Waals surface area contributed by atoms with Crippen LogP contribution in [0.1, 0.15) is 47.5 Å². The van der Waals surface area contributed by atoms with Gasteiger partial charge in [0, 0.05) is 39.4 Å². The predicted octanol–water partition coefficient (Wildman–Crippen LogP) is 7.69. The molecule has 0 aliphatic carbocycles. The van der Waals surface area contributed by atoms with Gasteiger partial charge in [-0.05, 0) is 96.1 Å². The highest BCUT2D eigenvalue weighted by Crippen LogP contribution is 2.45. The lowest BCUT2D eigenvalue weighted by molar-refractivity contribution is -0.149. The maximum Gasteiger partial charge on any atom is 0.459 e. The van der Waals surface area contributed by atoms with Crippen molar-refractivity contribution in [3.05, 3.63) is 64.2 Å². The molecule has 0 bridgehead atoms. The summed E-state index contributed by atoms with van der Waals surface area (Å²) in [6.07, 6.45) is 3.40. The zero-order valence-corrected chi connectivity index (χ0v) is 28.0. The van der Waals surface area contributed by atoms with Crippen LogP contribution in [0.15, 0.2) is 59.2 Å². The van der Waals surface area contributed by atoms with Gasteiger partial charge in [0.2, 0.25) is 0 Å². The summed E-state index contributed by atoms with van der Waals surface area (Å²) in [7, 11) is -3.91. The Morgan fingerprint density at radius 2 is 1.90 bits per heavy atom. The number of ether oxygens (including phenoxy) is 1. The third kappa shape index (κ3) is 11.1. The Morgan fingerprint density at radius 3 is 2.62 bits per heavy atom. The van der Waals surface area contributed by atoms with E-state index in [1.807, 2.05) is 30.3 Å². The molecule has 0 amide bonds. The molecule has 0 aliphatic heterocycles. The molecule has 2 N–H and O–H groups in total. The molecule has 3 aromatic rings. The van der Waals surface area contributed by atoms with Crippen LogP contribution in [0.3, 0.4) is 0 Å². The molecule has 2 aromatic carbocycles. The van der Waals surface area contributed by atoms with Gasteiger partial charge in [-0.25, -0.2) is 4.57 Å². The van der Waals surface area contributed by atoms with Crippen molar-refractivity contribution < 1.29 is 23.1 Å². The number of rotatable bonds is 17. The number of nitrogens with zero attached hydrogens (tertiary/aromatic N) is 2. The summed E-state index contributed by atoms with van der Waals surface area (Å²) >= 11 is 9.52. The van der Waals surface area contributed by atoms with Crippen molar-refractivity contribution in [1.82, 2.24) is 15.0 Å². The lowest BCUT2D eigenvalue weighted by Crippen LogP contribution is -2.37. The van der Waals surface area contributed by atoms with E-state index in [1.54, 1.807) is 45.2 Å². The maximum absolute atomic E-state index is 13.7. The number of nitrogens with one attached hydrogen (secondary N) is 2. The number of halogens is 2. The zero-order chi connectivity index (χ0) is 30.7. The first kappa shape index (κ1) is 34.3. The smallest absolute Gasteiger partial charge is 0.459 e. The summed E-state index contributed by atoms with van der Waals surface area (Å²) in [5.74, 6) is -0.184. The quantitative estimate of drug-likeness (QED) is 0.110. The number of carbonyl (C=O) groups is 1. The average Bonchev–Trinajstić information content (AvgIpc) is 2.91. The van der Waals surface area contributed by atoms with E-state index in [2.05, 4.69) is 50.1 Å². The van der Waals surface area contributed by atoms with Crippen molar-refractivity contribution in [2.24, 2.45) is 0 Å². The monoisotopic (exact) mass is 682 g/mol. The van der Waals surface area contributed by atoms with Crippen LogP contribution in [0, 0.1) is 0 Å². The largest absolute Gasteiger partial charge is 0.462 e. The highest BCUT2D eigenvalue weighted by molar-refractivity contribution is 9.10. The fourth-order valence-corrected chi connectivity index (χ4v) is 6.32. The van der Waals surface area contributed by atoms with Gasteiger partial charge in [0.15, 0.2) is 0 Å². The van der Waals surface area contributed by atoms with Gasteiger partial charge >= 0.3 is 13.7 Å².